The highest BCUT2D eigenvalue weighted by atomic mass is 16.5. The van der Waals surface area contributed by atoms with Gasteiger partial charge in [-0.25, -0.2) is 0 Å². The van der Waals surface area contributed by atoms with E-state index < -0.39 is 0 Å². The number of hydrogen-bond donors (Lipinski definition) is 1. The SMILES string of the molecule is CC(CCc1ccccc1)NC(=O)c1cccc(CN2C(=O)COc3ccccc32)c1. The minimum absolute atomic E-state index is 0.0239. The second-order valence-corrected chi connectivity index (χ2v) is 7.84. The normalized spacial score (nSPS) is 13.8. The van der Waals surface area contributed by atoms with Crippen molar-refractivity contribution in [2.75, 3.05) is 11.5 Å². The van der Waals surface area contributed by atoms with Crippen LogP contribution >= 0.6 is 0 Å². The Balaban J connectivity index is 1.40. The van der Waals surface area contributed by atoms with E-state index in [9.17, 15) is 9.59 Å². The molecule has 0 saturated heterocycles. The van der Waals surface area contributed by atoms with Gasteiger partial charge in [-0.3, -0.25) is 9.59 Å². The van der Waals surface area contributed by atoms with E-state index in [4.69, 9.17) is 4.74 Å². The number of aryl methyl sites for hydroxylation is 1. The van der Waals surface area contributed by atoms with Crippen molar-refractivity contribution in [3.8, 4) is 5.75 Å². The van der Waals surface area contributed by atoms with Crippen molar-refractivity contribution < 1.29 is 14.3 Å². The topological polar surface area (TPSA) is 58.6 Å². The van der Waals surface area contributed by atoms with Crippen molar-refractivity contribution in [2.45, 2.75) is 32.4 Å². The monoisotopic (exact) mass is 414 g/mol. The minimum Gasteiger partial charge on any atom is -0.482 e. The maximum Gasteiger partial charge on any atom is 0.265 e. The number of rotatable bonds is 7. The van der Waals surface area contributed by atoms with E-state index in [2.05, 4.69) is 17.4 Å². The molecule has 0 bridgehead atoms. The Labute approximate surface area is 182 Å². The van der Waals surface area contributed by atoms with Crippen LogP contribution in [0.15, 0.2) is 78.9 Å². The molecule has 1 unspecified atom stereocenters. The fraction of sp³-hybridized carbons (Fsp3) is 0.231. The quantitative estimate of drug-likeness (QED) is 0.625. The molecule has 2 amide bonds. The van der Waals surface area contributed by atoms with E-state index in [0.29, 0.717) is 17.9 Å². The lowest BCUT2D eigenvalue weighted by Gasteiger charge is -2.29. The van der Waals surface area contributed by atoms with Crippen molar-refractivity contribution in [1.29, 1.82) is 0 Å². The lowest BCUT2D eigenvalue weighted by Crippen LogP contribution is -2.38. The number of amides is 2. The van der Waals surface area contributed by atoms with Crippen LogP contribution in [0, 0.1) is 0 Å². The van der Waals surface area contributed by atoms with Crippen LogP contribution in [0.5, 0.6) is 5.75 Å². The lowest BCUT2D eigenvalue weighted by molar-refractivity contribution is -0.121. The average molecular weight is 415 g/mol. The number of anilines is 1. The molecule has 1 N–H and O–H groups in total. The van der Waals surface area contributed by atoms with E-state index in [1.54, 1.807) is 11.0 Å². The number of para-hydroxylation sites is 2. The molecule has 0 aliphatic carbocycles. The molecule has 3 aromatic carbocycles. The molecule has 158 valence electrons. The first kappa shape index (κ1) is 20.7. The van der Waals surface area contributed by atoms with Crippen molar-refractivity contribution in [3.05, 3.63) is 95.6 Å². The maximum absolute atomic E-state index is 12.8. The third kappa shape index (κ3) is 5.12. The van der Waals surface area contributed by atoms with Gasteiger partial charge in [-0.15, -0.1) is 0 Å². The van der Waals surface area contributed by atoms with Crippen LogP contribution in [0.25, 0.3) is 0 Å². The molecule has 0 radical (unpaired) electrons. The molecular weight excluding hydrogens is 388 g/mol. The molecule has 5 nitrogen and oxygen atoms in total. The van der Waals surface area contributed by atoms with Crippen molar-refractivity contribution >= 4 is 17.5 Å². The van der Waals surface area contributed by atoms with E-state index in [-0.39, 0.29) is 24.5 Å². The van der Waals surface area contributed by atoms with Crippen LogP contribution in [0.2, 0.25) is 0 Å². The summed E-state index contributed by atoms with van der Waals surface area (Å²) < 4.78 is 5.51. The van der Waals surface area contributed by atoms with Gasteiger partial charge in [-0.2, -0.15) is 0 Å². The molecule has 3 aromatic rings. The summed E-state index contributed by atoms with van der Waals surface area (Å²) in [5.74, 6) is 0.502. The van der Waals surface area contributed by atoms with Gasteiger partial charge in [0, 0.05) is 11.6 Å². The second-order valence-electron chi connectivity index (χ2n) is 7.84. The number of carbonyl (C=O) groups is 2. The Morgan fingerprint density at radius 3 is 2.58 bits per heavy atom. The number of benzene rings is 3. The van der Waals surface area contributed by atoms with Gasteiger partial charge in [0.05, 0.1) is 12.2 Å². The predicted octanol–water partition coefficient (Wildman–Crippen LogP) is 4.36. The van der Waals surface area contributed by atoms with E-state index in [1.165, 1.54) is 5.56 Å². The fourth-order valence-corrected chi connectivity index (χ4v) is 3.73. The van der Waals surface area contributed by atoms with Gasteiger partial charge in [0.1, 0.15) is 5.75 Å². The molecular formula is C26H26N2O3. The Hall–Kier alpha value is -3.60. The van der Waals surface area contributed by atoms with Crippen molar-refractivity contribution in [3.63, 3.8) is 0 Å². The standard InChI is InChI=1S/C26H26N2O3/c1-19(14-15-20-8-3-2-4-9-20)27-26(30)22-11-7-10-21(16-22)17-28-23-12-5-6-13-24(23)31-18-25(28)29/h2-13,16,19H,14-15,17-18H2,1H3,(H,27,30). The summed E-state index contributed by atoms with van der Waals surface area (Å²) >= 11 is 0. The molecule has 4 rings (SSSR count). The second kappa shape index (κ2) is 9.47. The molecule has 0 spiro atoms. The number of ether oxygens (including phenoxy) is 1. The first-order valence-electron chi connectivity index (χ1n) is 10.6. The Morgan fingerprint density at radius 2 is 1.74 bits per heavy atom. The number of nitrogens with zero attached hydrogens (tertiary/aromatic N) is 1. The van der Waals surface area contributed by atoms with Crippen LogP contribution in [-0.4, -0.2) is 24.5 Å². The van der Waals surface area contributed by atoms with Crippen molar-refractivity contribution in [2.24, 2.45) is 0 Å². The van der Waals surface area contributed by atoms with Gasteiger partial charge in [-0.05, 0) is 55.2 Å². The van der Waals surface area contributed by atoms with Gasteiger partial charge in [-0.1, -0.05) is 54.6 Å². The van der Waals surface area contributed by atoms with Crippen LogP contribution in [-0.2, 0) is 17.8 Å². The van der Waals surface area contributed by atoms with Gasteiger partial charge in [0.15, 0.2) is 6.61 Å². The van der Waals surface area contributed by atoms with Crippen LogP contribution in [0.3, 0.4) is 0 Å². The molecule has 0 aromatic heterocycles. The highest BCUT2D eigenvalue weighted by Crippen LogP contribution is 2.32. The number of nitrogens with one attached hydrogen (secondary N) is 1. The van der Waals surface area contributed by atoms with E-state index in [1.807, 2.05) is 67.6 Å². The number of hydrogen-bond acceptors (Lipinski definition) is 3. The molecule has 1 aliphatic rings. The van der Waals surface area contributed by atoms with Gasteiger partial charge in [0.2, 0.25) is 0 Å². The van der Waals surface area contributed by atoms with Crippen LogP contribution in [0.1, 0.15) is 34.8 Å². The molecule has 1 atom stereocenters. The van der Waals surface area contributed by atoms with Crippen LogP contribution < -0.4 is 15.0 Å². The summed E-state index contributed by atoms with van der Waals surface area (Å²) in [5, 5.41) is 3.08. The molecule has 0 fully saturated rings. The molecule has 5 heteroatoms. The smallest absolute Gasteiger partial charge is 0.265 e. The Kier molecular flexibility index (Phi) is 6.32. The zero-order chi connectivity index (χ0) is 21.6. The van der Waals surface area contributed by atoms with Gasteiger partial charge in [0.25, 0.3) is 11.8 Å². The third-order valence-electron chi connectivity index (χ3n) is 5.42. The van der Waals surface area contributed by atoms with Gasteiger partial charge >= 0.3 is 0 Å². The average Bonchev–Trinajstić information content (AvgIpc) is 2.80. The largest absolute Gasteiger partial charge is 0.482 e. The van der Waals surface area contributed by atoms with Crippen LogP contribution in [0.4, 0.5) is 5.69 Å². The van der Waals surface area contributed by atoms with E-state index >= 15 is 0 Å². The Bertz CT molecular complexity index is 1070. The third-order valence-corrected chi connectivity index (χ3v) is 5.42. The summed E-state index contributed by atoms with van der Waals surface area (Å²) in [6, 6.07) is 25.3. The first-order valence-corrected chi connectivity index (χ1v) is 10.6. The first-order chi connectivity index (χ1) is 15.1. The summed E-state index contributed by atoms with van der Waals surface area (Å²) in [6.07, 6.45) is 1.79. The minimum atomic E-state index is -0.101. The number of fused-ring (bicyclic) bond motifs is 1. The molecule has 31 heavy (non-hydrogen) atoms. The highest BCUT2D eigenvalue weighted by molar-refractivity contribution is 5.98. The maximum atomic E-state index is 12.8. The zero-order valence-corrected chi connectivity index (χ0v) is 17.6. The highest BCUT2D eigenvalue weighted by Gasteiger charge is 2.25. The summed E-state index contributed by atoms with van der Waals surface area (Å²) in [4.78, 5) is 26.9. The summed E-state index contributed by atoms with van der Waals surface area (Å²) in [6.45, 7) is 2.44. The van der Waals surface area contributed by atoms with Crippen molar-refractivity contribution in [1.82, 2.24) is 5.32 Å². The fourth-order valence-electron chi connectivity index (χ4n) is 3.73. The molecule has 1 aliphatic heterocycles. The zero-order valence-electron chi connectivity index (χ0n) is 17.6. The van der Waals surface area contributed by atoms with E-state index in [0.717, 1.165) is 24.1 Å². The Morgan fingerprint density at radius 1 is 1.00 bits per heavy atom. The predicted molar refractivity (Wildman–Crippen MR) is 121 cm³/mol. The van der Waals surface area contributed by atoms with Gasteiger partial charge < -0.3 is 15.0 Å². The summed E-state index contributed by atoms with van der Waals surface area (Å²) in [5.41, 5.74) is 3.51. The molecule has 0 saturated carbocycles. The number of carbonyl (C=O) groups excluding carboxylic acids is 2. The summed E-state index contributed by atoms with van der Waals surface area (Å²) in [7, 11) is 0. The molecule has 1 heterocycles. The lowest BCUT2D eigenvalue weighted by atomic mass is 10.1.